The van der Waals surface area contributed by atoms with Crippen LogP contribution in [0, 0.1) is 0 Å². The van der Waals surface area contributed by atoms with Gasteiger partial charge in [0.05, 0.1) is 36.5 Å². The highest BCUT2D eigenvalue weighted by Crippen LogP contribution is 2.45. The average molecular weight is 1020 g/mol. The van der Waals surface area contributed by atoms with Crippen LogP contribution in [0.15, 0.2) is 58.5 Å². The predicted molar refractivity (Wildman–Crippen MR) is 312 cm³/mol. The molecule has 7 rings (SSSR count). The van der Waals surface area contributed by atoms with Crippen molar-refractivity contribution < 1.29 is 18.9 Å². The van der Waals surface area contributed by atoms with Crippen molar-refractivity contribution in [3.05, 3.63) is 115 Å². The van der Waals surface area contributed by atoms with Gasteiger partial charge in [0.2, 0.25) is 0 Å². The Morgan fingerprint density at radius 3 is 0.806 bits per heavy atom. The molecule has 0 radical (unpaired) electrons. The molecule has 3 aliphatic rings. The summed E-state index contributed by atoms with van der Waals surface area (Å²) in [4.78, 5) is 9.59. The molecule has 392 valence electrons. The van der Waals surface area contributed by atoms with Crippen molar-refractivity contribution in [3.63, 3.8) is 0 Å². The van der Waals surface area contributed by atoms with Gasteiger partial charge < -0.3 is 18.9 Å². The molecule has 0 N–H and O–H groups in total. The lowest BCUT2D eigenvalue weighted by Gasteiger charge is -2.29. The summed E-state index contributed by atoms with van der Waals surface area (Å²) in [5.41, 5.74) is 14.5. The molecular weight excluding hydrogens is 925 g/mol. The molecule has 1 aliphatic carbocycles. The number of rotatable bonds is 18. The van der Waals surface area contributed by atoms with Crippen LogP contribution in [0.3, 0.4) is 0 Å². The van der Waals surface area contributed by atoms with Gasteiger partial charge in [-0.1, -0.05) is 158 Å². The van der Waals surface area contributed by atoms with E-state index < -0.39 is 0 Å². The Labute approximate surface area is 445 Å². The summed E-state index contributed by atoms with van der Waals surface area (Å²) in [7, 11) is 0. The van der Waals surface area contributed by atoms with E-state index in [2.05, 4.69) is 145 Å². The molecular formula is C64H90N2O4S2. The molecule has 2 heterocycles. The van der Waals surface area contributed by atoms with Gasteiger partial charge in [-0.2, -0.15) is 0 Å². The largest absolute Gasteiger partial charge is 0.493 e. The van der Waals surface area contributed by atoms with Gasteiger partial charge in [-0.15, -0.1) is 23.5 Å². The second-order valence-corrected chi connectivity index (χ2v) is 27.1. The molecule has 6 nitrogen and oxygen atoms in total. The zero-order valence-electron chi connectivity index (χ0n) is 47.1. The van der Waals surface area contributed by atoms with E-state index in [0.717, 1.165) is 99.0 Å². The number of benzene rings is 4. The maximum Gasteiger partial charge on any atom is 0.126 e. The molecule has 2 aliphatic heterocycles. The van der Waals surface area contributed by atoms with E-state index in [1.807, 2.05) is 23.5 Å². The molecule has 8 bridgehead atoms. The Morgan fingerprint density at radius 2 is 0.611 bits per heavy atom. The van der Waals surface area contributed by atoms with E-state index in [-0.39, 0.29) is 21.7 Å². The first-order valence-electron chi connectivity index (χ1n) is 27.6. The van der Waals surface area contributed by atoms with Gasteiger partial charge in [0.1, 0.15) is 23.0 Å². The molecule has 4 aromatic rings. The minimum atomic E-state index is -0.106. The third-order valence-corrected chi connectivity index (χ3v) is 16.4. The van der Waals surface area contributed by atoms with E-state index in [4.69, 9.17) is 28.9 Å². The lowest BCUT2D eigenvalue weighted by atomic mass is 9.79. The third-order valence-electron chi connectivity index (χ3n) is 14.3. The minimum absolute atomic E-state index is 0.105. The first kappa shape index (κ1) is 55.9. The number of hydrogen-bond acceptors (Lipinski definition) is 8. The number of hydrogen-bond donors (Lipinski definition) is 0. The molecule has 0 atom stereocenters. The zero-order valence-corrected chi connectivity index (χ0v) is 48.7. The molecule has 0 unspecified atom stereocenters. The van der Waals surface area contributed by atoms with Gasteiger partial charge >= 0.3 is 0 Å². The minimum Gasteiger partial charge on any atom is -0.493 e. The van der Waals surface area contributed by atoms with Crippen LogP contribution in [0.25, 0.3) is 0 Å². The number of thioether (sulfide) groups is 2. The first-order valence-corrected chi connectivity index (χ1v) is 29.6. The van der Waals surface area contributed by atoms with Gasteiger partial charge in [0, 0.05) is 50.3 Å². The molecule has 4 aromatic carbocycles. The molecule has 8 heteroatoms. The lowest BCUT2D eigenvalue weighted by molar-refractivity contribution is 0.298. The molecule has 0 amide bonds. The molecule has 0 spiro atoms. The van der Waals surface area contributed by atoms with Gasteiger partial charge in [-0.3, -0.25) is 9.98 Å². The van der Waals surface area contributed by atoms with Crippen LogP contribution >= 0.6 is 23.5 Å². The fourth-order valence-electron chi connectivity index (χ4n) is 9.86. The van der Waals surface area contributed by atoms with E-state index in [0.29, 0.717) is 52.1 Å². The molecule has 0 saturated heterocycles. The first-order chi connectivity index (χ1) is 34.1. The van der Waals surface area contributed by atoms with Crippen molar-refractivity contribution in [3.8, 4) is 23.0 Å². The normalized spacial score (nSPS) is 15.4. The zero-order chi connectivity index (χ0) is 51.8. The van der Waals surface area contributed by atoms with Crippen molar-refractivity contribution in [2.75, 3.05) is 51.0 Å². The van der Waals surface area contributed by atoms with Gasteiger partial charge in [-0.25, -0.2) is 0 Å². The maximum absolute atomic E-state index is 7.26. The number of ether oxygens (including phenoxy) is 4. The van der Waals surface area contributed by atoms with E-state index in [1.165, 1.54) is 76.8 Å². The highest BCUT2D eigenvalue weighted by molar-refractivity contribution is 8.14. The Morgan fingerprint density at radius 1 is 0.375 bits per heavy atom. The van der Waals surface area contributed by atoms with Crippen molar-refractivity contribution in [1.29, 1.82) is 0 Å². The second-order valence-electron chi connectivity index (χ2n) is 24.8. The van der Waals surface area contributed by atoms with Crippen LogP contribution in [0.4, 0.5) is 0 Å². The van der Waals surface area contributed by atoms with Crippen LogP contribution in [0.1, 0.15) is 215 Å². The second kappa shape index (κ2) is 24.2. The summed E-state index contributed by atoms with van der Waals surface area (Å²) in [5, 5.41) is 2.52. The summed E-state index contributed by atoms with van der Waals surface area (Å²) < 4.78 is 28.8. The van der Waals surface area contributed by atoms with Crippen LogP contribution < -0.4 is 18.9 Å². The Hall–Kier alpha value is -3.88. The maximum atomic E-state index is 7.26. The Balaban J connectivity index is 1.54. The van der Waals surface area contributed by atoms with Crippen molar-refractivity contribution in [2.24, 2.45) is 9.98 Å². The Kier molecular flexibility index (Phi) is 18.8. The summed E-state index contributed by atoms with van der Waals surface area (Å²) >= 11 is 3.80. The summed E-state index contributed by atoms with van der Waals surface area (Å²) in [6.07, 6.45) is 10.5. The molecule has 0 saturated carbocycles. The highest BCUT2D eigenvalue weighted by Gasteiger charge is 2.30. The number of fused-ring (bicyclic) bond motifs is 8. The van der Waals surface area contributed by atoms with Crippen molar-refractivity contribution in [1.82, 2.24) is 0 Å². The van der Waals surface area contributed by atoms with E-state index >= 15 is 0 Å². The summed E-state index contributed by atoms with van der Waals surface area (Å²) in [6, 6.07) is 19.6. The van der Waals surface area contributed by atoms with Crippen molar-refractivity contribution >= 4 is 33.6 Å². The average Bonchev–Trinajstić information content (AvgIpc) is 4.03. The van der Waals surface area contributed by atoms with E-state index in [1.54, 1.807) is 0 Å². The van der Waals surface area contributed by atoms with Crippen molar-refractivity contribution in [2.45, 2.75) is 196 Å². The lowest BCUT2D eigenvalue weighted by Crippen LogP contribution is -2.18. The SMILES string of the molecule is CCCCOc1c2cc(C(C)(C)C)cc1Cc1cc(C(C)(C)C)cc(c1OCCCC1=NCCS1)Cc1cc(C(C)(C)C)cc(c1OCCCC)Cc1cc(C(C)(C)C)cc(c1OCCCC1=NCCS1)C2. The molecule has 72 heavy (non-hydrogen) atoms. The quantitative estimate of drug-likeness (QED) is 0.0815. The monoisotopic (exact) mass is 1010 g/mol. The third kappa shape index (κ3) is 14.7. The molecule has 0 aromatic heterocycles. The number of aliphatic imine (C=N–C) groups is 2. The standard InChI is InChI=1S/C64H90N2O4S2/c1-15-17-25-67-57-43-31-47-39-53(63(9,10)11)41-49(59(47)69-27-19-21-55-65-23-29-71-55)33-45-37-52(62(6,7)8)38-46(58(45)68-26-18-16-2)34-50-42-54(64(12,13)14)40-48(32-44(57)36-51(35-43)61(3,4)5)60(50)70-28-20-22-56-66-24-30-72-56/h35-42H,15-34H2,1-14H3. The summed E-state index contributed by atoms with van der Waals surface area (Å²) in [5.74, 6) is 6.18. The molecule has 0 fully saturated rings. The summed E-state index contributed by atoms with van der Waals surface area (Å²) in [6.45, 7) is 37.1. The van der Waals surface area contributed by atoms with Crippen LogP contribution in [-0.2, 0) is 47.3 Å². The predicted octanol–water partition coefficient (Wildman–Crippen LogP) is 16.5. The topological polar surface area (TPSA) is 61.6 Å². The van der Waals surface area contributed by atoms with Gasteiger partial charge in [-0.05, 0) is 127 Å². The fourth-order valence-corrected chi connectivity index (χ4v) is 11.6. The number of unbranched alkanes of at least 4 members (excludes halogenated alkanes) is 2. The van der Waals surface area contributed by atoms with Crippen LogP contribution in [-0.4, -0.2) is 61.1 Å². The van der Waals surface area contributed by atoms with Crippen LogP contribution in [0.5, 0.6) is 23.0 Å². The van der Waals surface area contributed by atoms with Crippen LogP contribution in [0.2, 0.25) is 0 Å². The fraction of sp³-hybridized carbons (Fsp3) is 0.594. The van der Waals surface area contributed by atoms with Gasteiger partial charge in [0.25, 0.3) is 0 Å². The highest BCUT2D eigenvalue weighted by atomic mass is 32.2. The number of nitrogens with zero attached hydrogens (tertiary/aromatic N) is 2. The van der Waals surface area contributed by atoms with E-state index in [9.17, 15) is 0 Å². The smallest absolute Gasteiger partial charge is 0.126 e. The Bertz CT molecular complexity index is 2290. The van der Waals surface area contributed by atoms with Gasteiger partial charge in [0.15, 0.2) is 0 Å².